The van der Waals surface area contributed by atoms with Crippen molar-refractivity contribution in [2.24, 2.45) is 5.41 Å². The second-order valence-electron chi connectivity index (χ2n) is 5.58. The molecular weight excluding hydrogens is 258 g/mol. The monoisotopic (exact) mass is 277 g/mol. The Balaban J connectivity index is 1.94. The van der Waals surface area contributed by atoms with Crippen LogP contribution in [0.25, 0.3) is 11.2 Å². The topological polar surface area (TPSA) is 42.8 Å². The van der Waals surface area contributed by atoms with Crippen molar-refractivity contribution in [1.29, 1.82) is 0 Å². The number of aromatic nitrogens is 3. The number of nitrogens with one attached hydrogen (secondary N) is 1. The number of hydrogen-bond donors (Lipinski definition) is 1. The summed E-state index contributed by atoms with van der Waals surface area (Å²) in [5, 5.41) is 0. The van der Waals surface area contributed by atoms with Crippen molar-refractivity contribution in [2.45, 2.75) is 32.7 Å². The first-order valence-corrected chi connectivity index (χ1v) is 7.09. The quantitative estimate of drug-likeness (QED) is 0.853. The third-order valence-corrected chi connectivity index (χ3v) is 4.37. The lowest BCUT2D eigenvalue weighted by molar-refractivity contribution is 0.167. The molecule has 1 N–H and O–H groups in total. The van der Waals surface area contributed by atoms with Crippen molar-refractivity contribution in [3.63, 3.8) is 0 Å². The van der Waals surface area contributed by atoms with Gasteiger partial charge in [-0.15, -0.1) is 0 Å². The summed E-state index contributed by atoms with van der Waals surface area (Å²) in [6, 6.07) is 4.06. The highest BCUT2D eigenvalue weighted by Crippen LogP contribution is 2.50. The molecule has 2 aromatic rings. The molecule has 1 aliphatic rings. The maximum Gasteiger partial charge on any atom is 0.179 e. The molecular formula is C14H19N3OS. The molecule has 0 aliphatic heterocycles. The van der Waals surface area contributed by atoms with Crippen molar-refractivity contribution in [3.8, 4) is 0 Å². The minimum absolute atomic E-state index is 0.370. The summed E-state index contributed by atoms with van der Waals surface area (Å²) in [7, 11) is 1.76. The van der Waals surface area contributed by atoms with Crippen LogP contribution in [0, 0.1) is 17.1 Å². The molecule has 102 valence electrons. The van der Waals surface area contributed by atoms with Crippen LogP contribution < -0.4 is 0 Å². The molecule has 1 saturated carbocycles. The Morgan fingerprint density at radius 1 is 1.47 bits per heavy atom. The fourth-order valence-corrected chi connectivity index (χ4v) is 2.85. The molecule has 0 aromatic carbocycles. The van der Waals surface area contributed by atoms with Gasteiger partial charge in [0.05, 0.1) is 5.52 Å². The second-order valence-corrected chi connectivity index (χ2v) is 5.97. The fourth-order valence-electron chi connectivity index (χ4n) is 2.59. The number of aryl methyl sites for hydroxylation is 1. The van der Waals surface area contributed by atoms with E-state index < -0.39 is 0 Å². The van der Waals surface area contributed by atoms with Gasteiger partial charge in [-0.05, 0) is 56.0 Å². The van der Waals surface area contributed by atoms with E-state index in [4.69, 9.17) is 17.0 Å². The van der Waals surface area contributed by atoms with Crippen LogP contribution in [0.3, 0.4) is 0 Å². The zero-order valence-electron chi connectivity index (χ0n) is 11.4. The van der Waals surface area contributed by atoms with Gasteiger partial charge < -0.3 is 14.3 Å². The van der Waals surface area contributed by atoms with Crippen molar-refractivity contribution >= 4 is 23.4 Å². The number of fused-ring (bicyclic) bond motifs is 1. The van der Waals surface area contributed by atoms with Crippen LogP contribution in [-0.4, -0.2) is 28.3 Å². The van der Waals surface area contributed by atoms with Crippen molar-refractivity contribution in [3.05, 3.63) is 22.6 Å². The predicted molar refractivity (Wildman–Crippen MR) is 77.8 cm³/mol. The summed E-state index contributed by atoms with van der Waals surface area (Å²) in [6.45, 7) is 3.78. The molecule has 19 heavy (non-hydrogen) atoms. The minimum atomic E-state index is 0.370. The molecule has 0 saturated heterocycles. The molecule has 2 heterocycles. The smallest absolute Gasteiger partial charge is 0.179 e. The Hall–Kier alpha value is -1.20. The number of methoxy groups -OCH3 is 1. The van der Waals surface area contributed by atoms with E-state index in [0.29, 0.717) is 5.41 Å². The largest absolute Gasteiger partial charge is 0.385 e. The Labute approximate surface area is 117 Å². The zero-order valence-corrected chi connectivity index (χ0v) is 12.2. The van der Waals surface area contributed by atoms with E-state index in [1.807, 2.05) is 13.0 Å². The Morgan fingerprint density at radius 3 is 2.95 bits per heavy atom. The highest BCUT2D eigenvalue weighted by molar-refractivity contribution is 7.71. The van der Waals surface area contributed by atoms with Gasteiger partial charge >= 0.3 is 0 Å². The molecule has 0 radical (unpaired) electrons. The van der Waals surface area contributed by atoms with E-state index >= 15 is 0 Å². The lowest BCUT2D eigenvalue weighted by atomic mass is 10.0. The number of nitrogens with zero attached hydrogens (tertiary/aromatic N) is 2. The summed E-state index contributed by atoms with van der Waals surface area (Å²) < 4.78 is 8.14. The molecule has 1 fully saturated rings. The molecule has 0 spiro atoms. The van der Waals surface area contributed by atoms with Gasteiger partial charge in [0.2, 0.25) is 0 Å². The van der Waals surface area contributed by atoms with Crippen LogP contribution in [0.4, 0.5) is 0 Å². The third kappa shape index (κ3) is 2.44. The van der Waals surface area contributed by atoms with Gasteiger partial charge in [-0.2, -0.15) is 0 Å². The second kappa shape index (κ2) is 4.72. The number of rotatable bonds is 5. The van der Waals surface area contributed by atoms with E-state index in [1.54, 1.807) is 7.11 Å². The molecule has 0 bridgehead atoms. The lowest BCUT2D eigenvalue weighted by Crippen LogP contribution is -2.14. The molecule has 0 atom stereocenters. The third-order valence-electron chi connectivity index (χ3n) is 4.04. The minimum Gasteiger partial charge on any atom is -0.385 e. The van der Waals surface area contributed by atoms with Crippen molar-refractivity contribution < 1.29 is 4.74 Å². The van der Waals surface area contributed by atoms with E-state index in [-0.39, 0.29) is 0 Å². The summed E-state index contributed by atoms with van der Waals surface area (Å²) in [4.78, 5) is 7.87. The summed E-state index contributed by atoms with van der Waals surface area (Å²) in [6.07, 6.45) is 3.62. The normalized spacial score (nSPS) is 16.9. The fraction of sp³-hybridized carbons (Fsp3) is 0.571. The van der Waals surface area contributed by atoms with Gasteiger partial charge in [0.25, 0.3) is 0 Å². The summed E-state index contributed by atoms with van der Waals surface area (Å²) >= 11 is 5.44. The van der Waals surface area contributed by atoms with Gasteiger partial charge in [0.15, 0.2) is 10.4 Å². The van der Waals surface area contributed by atoms with E-state index in [2.05, 4.69) is 20.6 Å². The van der Waals surface area contributed by atoms with Gasteiger partial charge in [0, 0.05) is 26.0 Å². The first-order chi connectivity index (χ1) is 9.13. The highest BCUT2D eigenvalue weighted by atomic mass is 32.1. The van der Waals surface area contributed by atoms with Gasteiger partial charge in [-0.3, -0.25) is 0 Å². The van der Waals surface area contributed by atoms with Crippen LogP contribution in [0.1, 0.15) is 25.0 Å². The molecule has 5 heteroatoms. The molecule has 2 aromatic heterocycles. The SMILES string of the molecule is COCCC1(Cn2c(=S)[nH]c3ccc(C)nc32)CC1. The maximum atomic E-state index is 5.44. The standard InChI is InChI=1S/C14H19N3OS/c1-10-3-4-11-12(15-10)17(13(19)16-11)9-14(5-6-14)7-8-18-2/h3-4H,5-9H2,1-2H3,(H,16,19). The Kier molecular flexibility index (Phi) is 3.19. The van der Waals surface area contributed by atoms with E-state index in [9.17, 15) is 0 Å². The molecule has 3 rings (SSSR count). The number of ether oxygens (including phenoxy) is 1. The number of aromatic amines is 1. The number of pyridine rings is 1. The Bertz CT molecular complexity index is 654. The lowest BCUT2D eigenvalue weighted by Gasteiger charge is -2.15. The first kappa shape index (κ1) is 12.8. The first-order valence-electron chi connectivity index (χ1n) is 6.69. The van der Waals surface area contributed by atoms with Gasteiger partial charge in [0.1, 0.15) is 0 Å². The average Bonchev–Trinajstić information content (AvgIpc) is 3.09. The zero-order chi connectivity index (χ0) is 13.5. The average molecular weight is 277 g/mol. The van der Waals surface area contributed by atoms with Crippen LogP contribution in [-0.2, 0) is 11.3 Å². The van der Waals surface area contributed by atoms with Crippen LogP contribution in [0.5, 0.6) is 0 Å². The summed E-state index contributed by atoms with van der Waals surface area (Å²) in [5.74, 6) is 0. The van der Waals surface area contributed by atoms with Crippen LogP contribution in [0.2, 0.25) is 0 Å². The molecule has 0 amide bonds. The Morgan fingerprint density at radius 2 is 2.26 bits per heavy atom. The maximum absolute atomic E-state index is 5.44. The van der Waals surface area contributed by atoms with Gasteiger partial charge in [-0.1, -0.05) is 0 Å². The number of hydrogen-bond acceptors (Lipinski definition) is 3. The molecule has 4 nitrogen and oxygen atoms in total. The van der Waals surface area contributed by atoms with E-state index in [0.717, 1.165) is 41.2 Å². The highest BCUT2D eigenvalue weighted by Gasteiger charge is 2.42. The predicted octanol–water partition coefficient (Wildman–Crippen LogP) is 3.22. The summed E-state index contributed by atoms with van der Waals surface area (Å²) in [5.41, 5.74) is 3.40. The van der Waals surface area contributed by atoms with Crippen LogP contribution in [0.15, 0.2) is 12.1 Å². The number of imidazole rings is 1. The van der Waals surface area contributed by atoms with Crippen LogP contribution >= 0.6 is 12.2 Å². The van der Waals surface area contributed by atoms with Gasteiger partial charge in [-0.25, -0.2) is 4.98 Å². The molecule has 1 aliphatic carbocycles. The number of H-pyrrole nitrogens is 1. The molecule has 0 unspecified atom stereocenters. The van der Waals surface area contributed by atoms with E-state index in [1.165, 1.54) is 12.8 Å². The van der Waals surface area contributed by atoms with Crippen molar-refractivity contribution in [1.82, 2.24) is 14.5 Å². The van der Waals surface area contributed by atoms with Crippen molar-refractivity contribution in [2.75, 3.05) is 13.7 Å².